The fourth-order valence-electron chi connectivity index (χ4n) is 4.32. The minimum Gasteiger partial charge on any atom is -0.487 e. The zero-order valence-electron chi connectivity index (χ0n) is 19.0. The zero-order valence-corrected chi connectivity index (χ0v) is 20.5. The number of carbonyl (C=O) groups is 2. The van der Waals surface area contributed by atoms with Gasteiger partial charge in [0.25, 0.3) is 5.91 Å². The summed E-state index contributed by atoms with van der Waals surface area (Å²) in [5.41, 5.74) is 0.00786. The molecular formula is C25H23ClF3NO4S. The van der Waals surface area contributed by atoms with Crippen LogP contribution in [-0.2, 0) is 17.6 Å². The minimum atomic E-state index is -4.45. The second-order valence-electron chi connectivity index (χ2n) is 9.05. The molecule has 0 aliphatic heterocycles. The number of benzene rings is 2. The van der Waals surface area contributed by atoms with Crippen molar-refractivity contribution in [2.24, 2.45) is 5.41 Å². The minimum absolute atomic E-state index is 0.0927. The van der Waals surface area contributed by atoms with Gasteiger partial charge in [-0.15, -0.1) is 11.3 Å². The van der Waals surface area contributed by atoms with Gasteiger partial charge in [0.1, 0.15) is 18.4 Å². The maximum Gasteiger partial charge on any atom is 0.416 e. The largest absolute Gasteiger partial charge is 0.487 e. The molecule has 1 aromatic heterocycles. The molecule has 0 spiro atoms. The molecule has 186 valence electrons. The van der Waals surface area contributed by atoms with Crippen LogP contribution in [0.5, 0.6) is 5.75 Å². The molecule has 1 amide bonds. The molecule has 1 aliphatic carbocycles. The molecule has 4 rings (SSSR count). The third-order valence-corrected chi connectivity index (χ3v) is 8.17. The molecule has 0 radical (unpaired) electrons. The van der Waals surface area contributed by atoms with Crippen LogP contribution in [0.4, 0.5) is 13.2 Å². The average molecular weight is 526 g/mol. The van der Waals surface area contributed by atoms with E-state index >= 15 is 0 Å². The van der Waals surface area contributed by atoms with Gasteiger partial charge in [0.05, 0.1) is 15.5 Å². The number of aryl methyl sites for hydroxylation is 1. The summed E-state index contributed by atoms with van der Waals surface area (Å²) in [6.07, 6.45) is -2.16. The van der Waals surface area contributed by atoms with Crippen molar-refractivity contribution in [1.82, 2.24) is 5.32 Å². The third kappa shape index (κ3) is 4.97. The number of carboxylic acid groups (broad SMARTS) is 1. The second-order valence-corrected chi connectivity index (χ2v) is 10.7. The van der Waals surface area contributed by atoms with Crippen LogP contribution in [-0.4, -0.2) is 23.0 Å². The lowest BCUT2D eigenvalue weighted by Crippen LogP contribution is -2.54. The van der Waals surface area contributed by atoms with E-state index in [0.29, 0.717) is 33.7 Å². The smallest absolute Gasteiger partial charge is 0.416 e. The van der Waals surface area contributed by atoms with Gasteiger partial charge < -0.3 is 15.2 Å². The van der Waals surface area contributed by atoms with E-state index in [1.54, 1.807) is 19.1 Å². The Morgan fingerprint density at radius 1 is 1.20 bits per heavy atom. The number of aliphatic carboxylic acids is 1. The highest BCUT2D eigenvalue weighted by atomic mass is 35.5. The highest BCUT2D eigenvalue weighted by Gasteiger charge is 2.45. The monoisotopic (exact) mass is 525 g/mol. The SMILES string of the molecule is Cc1c(Cl)sc2ccc(C(=O)N[C@H](C(=O)O)C3(C)CCC3)c(OCc3ccc(C(F)(F)F)cc3)c12. The van der Waals surface area contributed by atoms with E-state index in [0.717, 1.165) is 23.3 Å². The van der Waals surface area contributed by atoms with Gasteiger partial charge in [-0.1, -0.05) is 37.1 Å². The molecule has 1 saturated carbocycles. The highest BCUT2D eigenvalue weighted by molar-refractivity contribution is 7.23. The molecular weight excluding hydrogens is 503 g/mol. The first-order chi connectivity index (χ1) is 16.4. The van der Waals surface area contributed by atoms with Crippen LogP contribution in [0.15, 0.2) is 36.4 Å². The molecule has 1 heterocycles. The number of carbonyl (C=O) groups excluding carboxylic acids is 1. The molecule has 0 bridgehead atoms. The van der Waals surface area contributed by atoms with Crippen molar-refractivity contribution in [3.8, 4) is 5.75 Å². The van der Waals surface area contributed by atoms with E-state index in [2.05, 4.69) is 5.32 Å². The van der Waals surface area contributed by atoms with Crippen molar-refractivity contribution in [1.29, 1.82) is 0 Å². The van der Waals surface area contributed by atoms with E-state index in [4.69, 9.17) is 16.3 Å². The van der Waals surface area contributed by atoms with Crippen molar-refractivity contribution in [2.75, 3.05) is 0 Å². The lowest BCUT2D eigenvalue weighted by atomic mass is 9.65. The summed E-state index contributed by atoms with van der Waals surface area (Å²) >= 11 is 7.63. The molecule has 35 heavy (non-hydrogen) atoms. The van der Waals surface area contributed by atoms with Crippen LogP contribution in [0.1, 0.15) is 53.2 Å². The fraction of sp³-hybridized carbons (Fsp3) is 0.360. The molecule has 0 unspecified atom stereocenters. The van der Waals surface area contributed by atoms with Crippen LogP contribution in [0.25, 0.3) is 10.1 Å². The van der Waals surface area contributed by atoms with Crippen molar-refractivity contribution >= 4 is 44.9 Å². The normalized spacial score (nSPS) is 15.9. The average Bonchev–Trinajstić information content (AvgIpc) is 3.07. The van der Waals surface area contributed by atoms with Crippen LogP contribution in [0, 0.1) is 12.3 Å². The Bertz CT molecular complexity index is 1280. The van der Waals surface area contributed by atoms with Gasteiger partial charge in [0.2, 0.25) is 0 Å². The number of amides is 1. The first-order valence-corrected chi connectivity index (χ1v) is 12.1. The van der Waals surface area contributed by atoms with Gasteiger partial charge in [-0.25, -0.2) is 4.79 Å². The molecule has 1 fully saturated rings. The third-order valence-electron chi connectivity index (χ3n) is 6.61. The van der Waals surface area contributed by atoms with Gasteiger partial charge in [0, 0.05) is 10.1 Å². The molecule has 3 aromatic rings. The summed E-state index contributed by atoms with van der Waals surface area (Å²) in [7, 11) is 0. The maximum absolute atomic E-state index is 13.3. The topological polar surface area (TPSA) is 75.6 Å². The van der Waals surface area contributed by atoms with Crippen LogP contribution >= 0.6 is 22.9 Å². The fourth-order valence-corrected chi connectivity index (χ4v) is 5.59. The summed E-state index contributed by atoms with van der Waals surface area (Å²) < 4.78 is 45.9. The Hall–Kier alpha value is -2.78. The lowest BCUT2D eigenvalue weighted by molar-refractivity contribution is -0.144. The summed E-state index contributed by atoms with van der Waals surface area (Å²) in [5, 5.41) is 13.0. The highest BCUT2D eigenvalue weighted by Crippen LogP contribution is 2.45. The van der Waals surface area contributed by atoms with Crippen molar-refractivity contribution in [3.63, 3.8) is 0 Å². The Labute approximate surface area is 208 Å². The van der Waals surface area contributed by atoms with Crippen LogP contribution in [0.2, 0.25) is 4.34 Å². The van der Waals surface area contributed by atoms with Gasteiger partial charge in [-0.3, -0.25) is 4.79 Å². The second kappa shape index (κ2) is 9.35. The van der Waals surface area contributed by atoms with Gasteiger partial charge in [0.15, 0.2) is 0 Å². The standard InChI is InChI=1S/C25H23ClF3NO4S/c1-13-18-17(35-21(13)26)9-8-16(22(31)30-20(23(32)33)24(2)10-3-11-24)19(18)34-12-14-4-6-15(7-5-14)25(27,28)29/h4-9,20H,3,10-12H2,1-2H3,(H,30,31)(H,32,33)/t20-/m1/s1. The van der Waals surface area contributed by atoms with Crippen LogP contribution in [0.3, 0.4) is 0 Å². The predicted octanol–water partition coefficient (Wildman–Crippen LogP) is 6.83. The van der Waals surface area contributed by atoms with Crippen molar-refractivity contribution < 1.29 is 32.6 Å². The Kier molecular flexibility index (Phi) is 6.76. The molecule has 0 saturated heterocycles. The molecule has 5 nitrogen and oxygen atoms in total. The molecule has 2 aromatic carbocycles. The number of hydrogen-bond donors (Lipinski definition) is 2. The maximum atomic E-state index is 13.3. The van der Waals surface area contributed by atoms with E-state index in [9.17, 15) is 27.9 Å². The molecule has 1 atom stereocenters. The number of thiophene rings is 1. The van der Waals surface area contributed by atoms with Gasteiger partial charge in [-0.05, 0) is 60.6 Å². The zero-order chi connectivity index (χ0) is 25.5. The lowest BCUT2D eigenvalue weighted by Gasteiger charge is -2.43. The van der Waals surface area contributed by atoms with E-state index in [-0.39, 0.29) is 17.9 Å². The Balaban J connectivity index is 1.67. The van der Waals surface area contributed by atoms with Gasteiger partial charge >= 0.3 is 12.1 Å². The van der Waals surface area contributed by atoms with E-state index < -0.39 is 35.1 Å². The number of halogens is 4. The molecule has 1 aliphatic rings. The number of rotatable bonds is 7. The number of carboxylic acids is 1. The van der Waals surface area contributed by atoms with Crippen molar-refractivity contribution in [3.05, 3.63) is 63.0 Å². The van der Waals surface area contributed by atoms with E-state index in [1.165, 1.54) is 23.5 Å². The Morgan fingerprint density at radius 2 is 1.86 bits per heavy atom. The number of alkyl halides is 3. The summed E-state index contributed by atoms with van der Waals surface area (Å²) in [6.45, 7) is 3.53. The molecule has 10 heteroatoms. The summed E-state index contributed by atoms with van der Waals surface area (Å²) in [5.74, 6) is -1.50. The number of ether oxygens (including phenoxy) is 1. The Morgan fingerprint density at radius 3 is 2.40 bits per heavy atom. The number of fused-ring (bicyclic) bond motifs is 1. The number of hydrogen-bond acceptors (Lipinski definition) is 4. The van der Waals surface area contributed by atoms with Crippen molar-refractivity contribution in [2.45, 2.75) is 51.9 Å². The quantitative estimate of drug-likeness (QED) is 0.354. The predicted molar refractivity (Wildman–Crippen MR) is 128 cm³/mol. The van der Waals surface area contributed by atoms with Crippen LogP contribution < -0.4 is 10.1 Å². The molecule has 2 N–H and O–H groups in total. The first kappa shape index (κ1) is 25.3. The first-order valence-electron chi connectivity index (χ1n) is 10.9. The number of nitrogens with one attached hydrogen (secondary N) is 1. The van der Waals surface area contributed by atoms with Gasteiger partial charge in [-0.2, -0.15) is 13.2 Å². The van der Waals surface area contributed by atoms with E-state index in [1.807, 2.05) is 6.92 Å². The summed E-state index contributed by atoms with van der Waals surface area (Å²) in [6, 6.07) is 6.78. The summed E-state index contributed by atoms with van der Waals surface area (Å²) in [4.78, 5) is 25.2.